The average Bonchev–Trinajstić information content (AvgIpc) is 2.17. The Kier molecular flexibility index (Phi) is 3.60. The summed E-state index contributed by atoms with van der Waals surface area (Å²) >= 11 is 0. The molecule has 0 aliphatic heterocycles. The van der Waals surface area contributed by atoms with E-state index in [1.165, 1.54) is 6.20 Å². The molecule has 82 valence electrons. The molecule has 1 atom stereocenters. The van der Waals surface area contributed by atoms with Gasteiger partial charge in [-0.3, -0.25) is 0 Å². The highest BCUT2D eigenvalue weighted by Crippen LogP contribution is 2.08. The molecule has 1 aromatic heterocycles. The zero-order valence-electron chi connectivity index (χ0n) is 9.11. The maximum absolute atomic E-state index is 10.7. The number of carbonyl (C=O) groups is 1. The lowest BCUT2D eigenvalue weighted by atomic mass is 10.2. The normalized spacial score (nSPS) is 12.2. The van der Waals surface area contributed by atoms with Crippen LogP contribution >= 0.6 is 0 Å². The minimum absolute atomic E-state index is 0.143. The second kappa shape index (κ2) is 4.72. The van der Waals surface area contributed by atoms with Gasteiger partial charge in [-0.15, -0.1) is 0 Å². The molecule has 0 aromatic carbocycles. The second-order valence-corrected chi connectivity index (χ2v) is 3.45. The Morgan fingerprint density at radius 3 is 2.80 bits per heavy atom. The molecule has 1 rings (SSSR count). The van der Waals surface area contributed by atoms with Crippen LogP contribution in [0.25, 0.3) is 0 Å². The number of hydrogen-bond acceptors (Lipinski definition) is 4. The molecule has 1 aromatic rings. The van der Waals surface area contributed by atoms with Crippen molar-refractivity contribution in [3.05, 3.63) is 17.5 Å². The van der Waals surface area contributed by atoms with Crippen molar-refractivity contribution >= 4 is 11.9 Å². The van der Waals surface area contributed by atoms with Gasteiger partial charge in [-0.05, 0) is 20.3 Å². The molecular formula is C10H15N3O2. The topological polar surface area (TPSA) is 75.1 Å². The van der Waals surface area contributed by atoms with Gasteiger partial charge in [0.25, 0.3) is 0 Å². The minimum atomic E-state index is -0.998. The third kappa shape index (κ3) is 2.90. The minimum Gasteiger partial charge on any atom is -0.478 e. The Hall–Kier alpha value is -1.65. The quantitative estimate of drug-likeness (QED) is 0.789. The molecular weight excluding hydrogens is 194 g/mol. The van der Waals surface area contributed by atoms with E-state index in [2.05, 4.69) is 22.2 Å². The number of rotatable bonds is 4. The Morgan fingerprint density at radius 1 is 1.67 bits per heavy atom. The van der Waals surface area contributed by atoms with Gasteiger partial charge < -0.3 is 10.4 Å². The first-order valence-electron chi connectivity index (χ1n) is 4.88. The van der Waals surface area contributed by atoms with Gasteiger partial charge in [0, 0.05) is 12.2 Å². The van der Waals surface area contributed by atoms with Gasteiger partial charge >= 0.3 is 5.97 Å². The largest absolute Gasteiger partial charge is 0.478 e. The van der Waals surface area contributed by atoms with Gasteiger partial charge in [-0.1, -0.05) is 6.92 Å². The summed E-state index contributed by atoms with van der Waals surface area (Å²) in [6.45, 7) is 5.73. The van der Waals surface area contributed by atoms with Crippen LogP contribution in [0.15, 0.2) is 6.20 Å². The highest BCUT2D eigenvalue weighted by atomic mass is 16.4. The summed E-state index contributed by atoms with van der Waals surface area (Å²) in [4.78, 5) is 18.7. The van der Waals surface area contributed by atoms with Crippen molar-refractivity contribution in [1.29, 1.82) is 0 Å². The van der Waals surface area contributed by atoms with E-state index in [4.69, 9.17) is 5.11 Å². The first-order chi connectivity index (χ1) is 7.04. The van der Waals surface area contributed by atoms with E-state index in [-0.39, 0.29) is 11.6 Å². The van der Waals surface area contributed by atoms with E-state index in [1.54, 1.807) is 6.92 Å². The summed E-state index contributed by atoms with van der Waals surface area (Å²) < 4.78 is 0. The summed E-state index contributed by atoms with van der Waals surface area (Å²) in [7, 11) is 0. The Balaban J connectivity index is 2.87. The summed E-state index contributed by atoms with van der Waals surface area (Å²) in [5.74, 6) is -0.519. The zero-order chi connectivity index (χ0) is 11.4. The molecule has 1 heterocycles. The number of anilines is 1. The molecule has 0 radical (unpaired) electrons. The summed E-state index contributed by atoms with van der Waals surface area (Å²) in [6, 6.07) is 0.278. The number of nitrogens with one attached hydrogen (secondary N) is 1. The lowest BCUT2D eigenvalue weighted by Gasteiger charge is -2.11. The molecule has 15 heavy (non-hydrogen) atoms. The van der Waals surface area contributed by atoms with Crippen LogP contribution < -0.4 is 5.32 Å². The summed E-state index contributed by atoms with van der Waals surface area (Å²) in [5, 5.41) is 11.9. The number of aryl methyl sites for hydroxylation is 1. The standard InChI is InChI=1S/C10H15N3O2/c1-4-6(2)12-10-11-5-8(9(14)15)7(3)13-10/h5-6H,4H2,1-3H3,(H,14,15)(H,11,12,13). The van der Waals surface area contributed by atoms with E-state index >= 15 is 0 Å². The van der Waals surface area contributed by atoms with Crippen LogP contribution in [0.5, 0.6) is 0 Å². The molecule has 0 amide bonds. The third-order valence-corrected chi connectivity index (χ3v) is 2.20. The van der Waals surface area contributed by atoms with Crippen LogP contribution in [0.2, 0.25) is 0 Å². The van der Waals surface area contributed by atoms with E-state index in [9.17, 15) is 4.79 Å². The maximum atomic E-state index is 10.7. The van der Waals surface area contributed by atoms with Gasteiger partial charge in [0.05, 0.1) is 11.3 Å². The first kappa shape index (κ1) is 11.4. The van der Waals surface area contributed by atoms with Crippen molar-refractivity contribution in [2.75, 3.05) is 5.32 Å². The Morgan fingerprint density at radius 2 is 2.33 bits per heavy atom. The summed E-state index contributed by atoms with van der Waals surface area (Å²) in [5.41, 5.74) is 0.619. The fourth-order valence-corrected chi connectivity index (χ4v) is 1.07. The van der Waals surface area contributed by atoms with Gasteiger partial charge in [0.1, 0.15) is 0 Å². The smallest absolute Gasteiger partial charge is 0.339 e. The van der Waals surface area contributed by atoms with Crippen molar-refractivity contribution in [1.82, 2.24) is 9.97 Å². The molecule has 0 saturated carbocycles. The average molecular weight is 209 g/mol. The van der Waals surface area contributed by atoms with Crippen LogP contribution in [0, 0.1) is 6.92 Å². The number of carboxylic acid groups (broad SMARTS) is 1. The molecule has 5 heteroatoms. The predicted molar refractivity (Wildman–Crippen MR) is 57.1 cm³/mol. The molecule has 2 N–H and O–H groups in total. The van der Waals surface area contributed by atoms with E-state index < -0.39 is 5.97 Å². The highest BCUT2D eigenvalue weighted by molar-refractivity contribution is 5.88. The lowest BCUT2D eigenvalue weighted by Crippen LogP contribution is -2.16. The van der Waals surface area contributed by atoms with Crippen LogP contribution in [0.3, 0.4) is 0 Å². The van der Waals surface area contributed by atoms with Crippen molar-refractivity contribution in [2.45, 2.75) is 33.2 Å². The monoisotopic (exact) mass is 209 g/mol. The van der Waals surface area contributed by atoms with E-state index in [1.807, 2.05) is 6.92 Å². The van der Waals surface area contributed by atoms with Gasteiger partial charge in [0.15, 0.2) is 0 Å². The second-order valence-electron chi connectivity index (χ2n) is 3.45. The predicted octanol–water partition coefficient (Wildman–Crippen LogP) is 1.69. The zero-order valence-corrected chi connectivity index (χ0v) is 9.11. The first-order valence-corrected chi connectivity index (χ1v) is 4.88. The van der Waals surface area contributed by atoms with E-state index in [0.29, 0.717) is 11.6 Å². The Labute approximate surface area is 88.6 Å². The van der Waals surface area contributed by atoms with E-state index in [0.717, 1.165) is 6.42 Å². The number of hydrogen-bond donors (Lipinski definition) is 2. The molecule has 0 aliphatic rings. The highest BCUT2D eigenvalue weighted by Gasteiger charge is 2.10. The van der Waals surface area contributed by atoms with Crippen LogP contribution in [0.1, 0.15) is 36.3 Å². The van der Waals surface area contributed by atoms with Crippen LogP contribution in [-0.4, -0.2) is 27.1 Å². The molecule has 0 spiro atoms. The molecule has 0 fully saturated rings. The molecule has 5 nitrogen and oxygen atoms in total. The third-order valence-electron chi connectivity index (χ3n) is 2.20. The van der Waals surface area contributed by atoms with Gasteiger partial charge in [0.2, 0.25) is 5.95 Å². The lowest BCUT2D eigenvalue weighted by molar-refractivity contribution is 0.0695. The fraction of sp³-hybridized carbons (Fsp3) is 0.500. The summed E-state index contributed by atoms with van der Waals surface area (Å²) in [6.07, 6.45) is 2.29. The number of nitrogens with zero attached hydrogens (tertiary/aromatic N) is 2. The van der Waals surface area contributed by atoms with Crippen molar-refractivity contribution in [3.63, 3.8) is 0 Å². The van der Waals surface area contributed by atoms with Crippen LogP contribution in [-0.2, 0) is 0 Å². The molecule has 0 saturated heterocycles. The molecule has 0 bridgehead atoms. The van der Waals surface area contributed by atoms with Crippen molar-refractivity contribution in [3.8, 4) is 0 Å². The fourth-order valence-electron chi connectivity index (χ4n) is 1.07. The van der Waals surface area contributed by atoms with Crippen LogP contribution in [0.4, 0.5) is 5.95 Å². The van der Waals surface area contributed by atoms with Crippen molar-refractivity contribution < 1.29 is 9.90 Å². The molecule has 1 unspecified atom stereocenters. The number of aromatic nitrogens is 2. The van der Waals surface area contributed by atoms with Gasteiger partial charge in [-0.2, -0.15) is 0 Å². The number of carboxylic acids is 1. The molecule has 0 aliphatic carbocycles. The van der Waals surface area contributed by atoms with Gasteiger partial charge in [-0.25, -0.2) is 14.8 Å². The maximum Gasteiger partial charge on any atom is 0.339 e. The van der Waals surface area contributed by atoms with Crippen molar-refractivity contribution in [2.24, 2.45) is 0 Å². The SMILES string of the molecule is CCC(C)Nc1ncc(C(=O)O)c(C)n1. The Bertz CT molecular complexity index is 366. The number of aromatic carboxylic acids is 1.